The molecule has 10 nitrogen and oxygen atoms in total. The number of esters is 2. The van der Waals surface area contributed by atoms with Crippen molar-refractivity contribution in [1.29, 1.82) is 0 Å². The highest BCUT2D eigenvalue weighted by atomic mass is 32.2. The second-order valence-corrected chi connectivity index (χ2v) is 10.5. The number of carbonyl (C=O) groups is 4. The molecule has 0 aliphatic heterocycles. The van der Waals surface area contributed by atoms with E-state index < -0.39 is 50.7 Å². The number of hydrogen-bond acceptors (Lipinski definition) is 8. The van der Waals surface area contributed by atoms with Crippen LogP contribution in [0.15, 0.2) is 65.7 Å². The summed E-state index contributed by atoms with van der Waals surface area (Å²) >= 11 is 0. The van der Waals surface area contributed by atoms with Crippen molar-refractivity contribution < 1.29 is 41.5 Å². The minimum absolute atomic E-state index is 0.0956. The second kappa shape index (κ2) is 9.48. The molecular formula is C27H19FN2O8S. The van der Waals surface area contributed by atoms with Crippen LogP contribution in [0.2, 0.25) is 0 Å². The standard InChI is InChI=1S/C27H19FN2O8S/c1-14-3-9-17(10-4-14)39(35,36)30-20(27(34)37-2)11-18-21-19(12-29-22(21)24(31)25(32)23(18)30)26(33)38-13-15-5-7-16(28)8-6-15/h3-12,29H,13H2,1-2H3. The third kappa shape index (κ3) is 4.24. The lowest BCUT2D eigenvalue weighted by atomic mass is 9.91. The van der Waals surface area contributed by atoms with Crippen LogP contribution < -0.4 is 0 Å². The number of H-pyrrole nitrogens is 1. The van der Waals surface area contributed by atoms with Gasteiger partial charge in [0.15, 0.2) is 0 Å². The van der Waals surface area contributed by atoms with Crippen LogP contribution in [0.25, 0.3) is 11.1 Å². The molecule has 0 spiro atoms. The van der Waals surface area contributed by atoms with Gasteiger partial charge in [-0.25, -0.2) is 26.4 Å². The molecule has 0 unspecified atom stereocenters. The molecule has 1 N–H and O–H groups in total. The quantitative estimate of drug-likeness (QED) is 0.283. The van der Waals surface area contributed by atoms with Crippen molar-refractivity contribution >= 4 is 33.5 Å². The molecule has 0 amide bonds. The van der Waals surface area contributed by atoms with Crippen LogP contribution in [0, 0.1) is 12.7 Å². The highest BCUT2D eigenvalue weighted by Gasteiger charge is 2.43. The lowest BCUT2D eigenvalue weighted by Crippen LogP contribution is -2.29. The van der Waals surface area contributed by atoms with Gasteiger partial charge in [-0.05, 0) is 42.8 Å². The number of benzene rings is 2. The fraction of sp³-hybridized carbons (Fsp3) is 0.111. The molecule has 12 heteroatoms. The first-order valence-electron chi connectivity index (χ1n) is 11.4. The fourth-order valence-electron chi connectivity index (χ4n) is 4.28. The Bertz CT molecular complexity index is 1780. The van der Waals surface area contributed by atoms with Gasteiger partial charge in [-0.1, -0.05) is 29.8 Å². The van der Waals surface area contributed by atoms with E-state index in [1.807, 2.05) is 0 Å². The molecule has 198 valence electrons. The minimum atomic E-state index is -4.58. The average Bonchev–Trinajstić information content (AvgIpc) is 3.54. The number of nitrogens with one attached hydrogen (secondary N) is 1. The molecule has 0 radical (unpaired) electrons. The molecule has 39 heavy (non-hydrogen) atoms. The summed E-state index contributed by atoms with van der Waals surface area (Å²) in [5.41, 5.74) is -0.557. The zero-order valence-electron chi connectivity index (χ0n) is 20.5. The summed E-state index contributed by atoms with van der Waals surface area (Å²) in [6.07, 6.45) is 1.15. The molecule has 1 aliphatic carbocycles. The molecule has 0 saturated heterocycles. The third-order valence-electron chi connectivity index (χ3n) is 6.21. The number of halogens is 1. The summed E-state index contributed by atoms with van der Waals surface area (Å²) in [5, 5.41) is 0. The van der Waals surface area contributed by atoms with Gasteiger partial charge in [-0.3, -0.25) is 9.59 Å². The Labute approximate surface area is 221 Å². The largest absolute Gasteiger partial charge is 0.464 e. The maximum Gasteiger partial charge on any atom is 0.355 e. The van der Waals surface area contributed by atoms with Crippen molar-refractivity contribution in [1.82, 2.24) is 8.96 Å². The van der Waals surface area contributed by atoms with Crippen molar-refractivity contribution in [2.24, 2.45) is 0 Å². The number of hydrogen-bond donors (Lipinski definition) is 1. The average molecular weight is 551 g/mol. The van der Waals surface area contributed by atoms with Crippen molar-refractivity contribution in [3.8, 4) is 11.1 Å². The number of rotatable bonds is 6. The molecule has 2 aromatic carbocycles. The van der Waals surface area contributed by atoms with Crippen LogP contribution in [0.3, 0.4) is 0 Å². The fourth-order valence-corrected chi connectivity index (χ4v) is 5.78. The molecule has 5 rings (SSSR count). The van der Waals surface area contributed by atoms with Gasteiger partial charge in [0.25, 0.3) is 21.6 Å². The predicted molar refractivity (Wildman–Crippen MR) is 134 cm³/mol. The first-order chi connectivity index (χ1) is 18.5. The Morgan fingerprint density at radius 3 is 2.28 bits per heavy atom. The number of ketones is 2. The molecule has 0 saturated carbocycles. The van der Waals surface area contributed by atoms with E-state index >= 15 is 0 Å². The van der Waals surface area contributed by atoms with E-state index in [0.29, 0.717) is 9.54 Å². The number of aryl methyl sites for hydroxylation is 1. The smallest absolute Gasteiger partial charge is 0.355 e. The van der Waals surface area contributed by atoms with Crippen molar-refractivity contribution in [3.63, 3.8) is 0 Å². The summed E-state index contributed by atoms with van der Waals surface area (Å²) in [7, 11) is -3.55. The summed E-state index contributed by atoms with van der Waals surface area (Å²) in [5.74, 6) is -4.76. The molecular weight excluding hydrogens is 531 g/mol. The molecule has 0 fully saturated rings. The topological polar surface area (TPSA) is 142 Å². The zero-order valence-corrected chi connectivity index (χ0v) is 21.3. The number of carbonyl (C=O) groups excluding carboxylic acids is 4. The highest BCUT2D eigenvalue weighted by molar-refractivity contribution is 7.90. The first kappa shape index (κ1) is 25.8. The Balaban J connectivity index is 1.66. The van der Waals surface area contributed by atoms with E-state index in [1.165, 1.54) is 48.5 Å². The van der Waals surface area contributed by atoms with E-state index in [4.69, 9.17) is 9.47 Å². The van der Waals surface area contributed by atoms with Crippen molar-refractivity contribution in [2.45, 2.75) is 18.4 Å². The van der Waals surface area contributed by atoms with Gasteiger partial charge in [0.1, 0.15) is 23.8 Å². The lowest BCUT2D eigenvalue weighted by molar-refractivity contribution is 0.0473. The first-order valence-corrected chi connectivity index (χ1v) is 12.9. The number of nitrogens with zero attached hydrogens (tertiary/aromatic N) is 1. The Morgan fingerprint density at radius 2 is 1.64 bits per heavy atom. The van der Waals surface area contributed by atoms with Crippen LogP contribution in [0.1, 0.15) is 53.0 Å². The van der Waals surface area contributed by atoms with Crippen LogP contribution in [-0.4, -0.2) is 48.0 Å². The minimum Gasteiger partial charge on any atom is -0.464 e. The number of ether oxygens (including phenoxy) is 2. The number of methoxy groups -OCH3 is 1. The van der Waals surface area contributed by atoms with Crippen LogP contribution >= 0.6 is 0 Å². The summed E-state index contributed by atoms with van der Waals surface area (Å²) in [4.78, 5) is 54.3. The van der Waals surface area contributed by atoms with E-state index in [1.54, 1.807) is 6.92 Å². The summed E-state index contributed by atoms with van der Waals surface area (Å²) in [6, 6.07) is 12.0. The van der Waals surface area contributed by atoms with Gasteiger partial charge in [0.2, 0.25) is 0 Å². The van der Waals surface area contributed by atoms with Crippen molar-refractivity contribution in [3.05, 3.63) is 100 Å². The highest BCUT2D eigenvalue weighted by Crippen LogP contribution is 2.40. The lowest BCUT2D eigenvalue weighted by Gasteiger charge is -2.17. The van der Waals surface area contributed by atoms with Crippen LogP contribution in [-0.2, 0) is 26.1 Å². The van der Waals surface area contributed by atoms with E-state index in [0.717, 1.165) is 24.9 Å². The number of Topliss-reactive ketones (excluding diaryl/α,β-unsaturated/α-hetero) is 2. The normalized spacial score (nSPS) is 12.6. The van der Waals surface area contributed by atoms with Gasteiger partial charge in [0.05, 0.1) is 23.3 Å². The molecule has 0 bridgehead atoms. The predicted octanol–water partition coefficient (Wildman–Crippen LogP) is 3.69. The third-order valence-corrected chi connectivity index (χ3v) is 7.94. The van der Waals surface area contributed by atoms with Gasteiger partial charge in [-0.15, -0.1) is 0 Å². The zero-order chi connectivity index (χ0) is 28.1. The van der Waals surface area contributed by atoms with Crippen LogP contribution in [0.5, 0.6) is 0 Å². The van der Waals surface area contributed by atoms with Gasteiger partial charge in [-0.2, -0.15) is 0 Å². The van der Waals surface area contributed by atoms with Gasteiger partial charge < -0.3 is 14.5 Å². The molecule has 0 atom stereocenters. The number of aromatic amines is 1. The second-order valence-electron chi connectivity index (χ2n) is 8.68. The van der Waals surface area contributed by atoms with Gasteiger partial charge >= 0.3 is 11.9 Å². The monoisotopic (exact) mass is 550 g/mol. The van der Waals surface area contributed by atoms with Crippen molar-refractivity contribution in [2.75, 3.05) is 7.11 Å². The summed E-state index contributed by atoms with van der Waals surface area (Å²) < 4.78 is 51.1. The Kier molecular flexibility index (Phi) is 6.27. The summed E-state index contributed by atoms with van der Waals surface area (Å²) in [6.45, 7) is 1.52. The molecule has 2 aromatic heterocycles. The van der Waals surface area contributed by atoms with E-state index in [9.17, 15) is 32.0 Å². The number of aromatic nitrogens is 2. The van der Waals surface area contributed by atoms with E-state index in [-0.39, 0.29) is 33.9 Å². The Hall–Kier alpha value is -4.84. The molecule has 1 aliphatic rings. The van der Waals surface area contributed by atoms with Crippen LogP contribution in [0.4, 0.5) is 4.39 Å². The molecule has 2 heterocycles. The van der Waals surface area contributed by atoms with Gasteiger partial charge in [0, 0.05) is 17.3 Å². The Morgan fingerprint density at radius 1 is 0.974 bits per heavy atom. The maximum atomic E-state index is 13.7. The SMILES string of the molecule is COC(=O)c1cc2c(n1S(=O)(=O)c1ccc(C)cc1)C(=O)C(=O)c1[nH]cc(C(=O)OCc3ccc(F)cc3)c1-2. The van der Waals surface area contributed by atoms with E-state index in [2.05, 4.69) is 4.98 Å². The molecule has 4 aromatic rings. The maximum absolute atomic E-state index is 13.7. The number of fused-ring (bicyclic) bond motifs is 3.